The maximum Gasteiger partial charge on any atom is 0.321 e. The number of nitrogens with zero attached hydrogens (tertiary/aromatic N) is 1. The van der Waals surface area contributed by atoms with Crippen LogP contribution in [0.1, 0.15) is 21.6 Å². The Labute approximate surface area is 211 Å². The fourth-order valence-corrected chi connectivity index (χ4v) is 5.51. The van der Waals surface area contributed by atoms with Crippen LogP contribution in [0.2, 0.25) is 0 Å². The molecule has 0 radical (unpaired) electrons. The molecule has 0 aliphatic rings. The van der Waals surface area contributed by atoms with E-state index in [9.17, 15) is 9.59 Å². The van der Waals surface area contributed by atoms with Crippen molar-refractivity contribution in [2.24, 2.45) is 5.41 Å². The Kier molecular flexibility index (Phi) is 7.80. The lowest BCUT2D eigenvalue weighted by Gasteiger charge is -2.29. The van der Waals surface area contributed by atoms with Crippen molar-refractivity contribution in [3.63, 3.8) is 0 Å². The first-order chi connectivity index (χ1) is 16.5. The predicted octanol–water partition coefficient (Wildman–Crippen LogP) is 6.52. The van der Waals surface area contributed by atoms with Crippen LogP contribution in [0.15, 0.2) is 95.6 Å². The molecule has 0 unspecified atom stereocenters. The Hall–Kier alpha value is -2.96. The highest BCUT2D eigenvalue weighted by Gasteiger charge is 2.48. The van der Waals surface area contributed by atoms with Gasteiger partial charge in [0.15, 0.2) is 5.78 Å². The third kappa shape index (κ3) is 5.24. The van der Waals surface area contributed by atoms with Gasteiger partial charge in [-0.3, -0.25) is 14.6 Å². The molecule has 0 spiro atoms. The minimum Gasteiger partial charge on any atom is -0.468 e. The molecule has 0 saturated heterocycles. The second kappa shape index (κ2) is 11.0. The molecule has 6 heteroatoms. The first-order valence-electron chi connectivity index (χ1n) is 10.9. The largest absolute Gasteiger partial charge is 0.468 e. The Morgan fingerprint density at radius 2 is 1.65 bits per heavy atom. The first-order valence-corrected chi connectivity index (χ1v) is 12.8. The molecule has 3 aromatic carbocycles. The summed E-state index contributed by atoms with van der Waals surface area (Å²) in [6.07, 6.45) is 1.87. The summed E-state index contributed by atoms with van der Waals surface area (Å²) in [4.78, 5) is 32.0. The molecule has 1 aromatic heterocycles. The van der Waals surface area contributed by atoms with Gasteiger partial charge in [-0.15, -0.1) is 0 Å². The number of carbonyl (C=O) groups is 2. The van der Waals surface area contributed by atoms with Crippen LogP contribution in [0.25, 0.3) is 10.8 Å². The lowest BCUT2D eigenvalue weighted by molar-refractivity contribution is -0.148. The zero-order valence-electron chi connectivity index (χ0n) is 18.7. The summed E-state index contributed by atoms with van der Waals surface area (Å²) in [7, 11) is 1.34. The lowest BCUT2D eigenvalue weighted by atomic mass is 9.77. The minimum absolute atomic E-state index is 0.151. The van der Waals surface area contributed by atoms with E-state index in [2.05, 4.69) is 20.9 Å². The molecule has 172 valence electrons. The van der Waals surface area contributed by atoms with Crippen LogP contribution in [-0.2, 0) is 21.7 Å². The summed E-state index contributed by atoms with van der Waals surface area (Å²) in [6.45, 7) is 0. The molecule has 0 N–H and O–H groups in total. The van der Waals surface area contributed by atoms with Crippen LogP contribution < -0.4 is 0 Å². The number of halogens is 1. The highest BCUT2D eigenvalue weighted by Crippen LogP contribution is 2.36. The van der Waals surface area contributed by atoms with E-state index in [4.69, 9.17) is 4.74 Å². The molecule has 0 saturated carbocycles. The van der Waals surface area contributed by atoms with Crippen molar-refractivity contribution in [3.8, 4) is 0 Å². The fraction of sp³-hybridized carbons (Fsp3) is 0.179. The third-order valence-corrected chi connectivity index (χ3v) is 7.57. The third-order valence-electron chi connectivity index (χ3n) is 5.80. The van der Waals surface area contributed by atoms with E-state index in [1.54, 1.807) is 30.1 Å². The summed E-state index contributed by atoms with van der Waals surface area (Å²) >= 11 is 4.97. The average molecular weight is 534 g/mol. The molecule has 0 bridgehead atoms. The molecule has 1 heterocycles. The quantitative estimate of drug-likeness (QED) is 0.139. The number of thioether (sulfide) groups is 1. The average Bonchev–Trinajstić information content (AvgIpc) is 2.88. The zero-order valence-corrected chi connectivity index (χ0v) is 21.1. The van der Waals surface area contributed by atoms with E-state index in [1.807, 2.05) is 72.8 Å². The number of rotatable bonds is 9. The Morgan fingerprint density at radius 3 is 2.38 bits per heavy atom. The molecular formula is C28H24BrNO3S. The Balaban J connectivity index is 1.76. The molecular weight excluding hydrogens is 510 g/mol. The molecule has 0 aliphatic heterocycles. The van der Waals surface area contributed by atoms with Crippen molar-refractivity contribution in [3.05, 3.63) is 112 Å². The Morgan fingerprint density at radius 1 is 0.941 bits per heavy atom. The minimum atomic E-state index is -1.42. The van der Waals surface area contributed by atoms with Gasteiger partial charge in [-0.05, 0) is 29.1 Å². The molecule has 1 atom stereocenters. The number of carbonyl (C=O) groups excluding carboxylic acids is 2. The maximum atomic E-state index is 14.0. The number of benzene rings is 3. The van der Waals surface area contributed by atoms with Gasteiger partial charge < -0.3 is 4.74 Å². The zero-order chi connectivity index (χ0) is 24.0. The van der Waals surface area contributed by atoms with E-state index < -0.39 is 11.4 Å². The lowest BCUT2D eigenvalue weighted by Crippen LogP contribution is -2.45. The van der Waals surface area contributed by atoms with E-state index in [0.29, 0.717) is 17.0 Å². The summed E-state index contributed by atoms with van der Waals surface area (Å²) in [5.41, 5.74) is 0.883. The molecule has 0 aliphatic carbocycles. The van der Waals surface area contributed by atoms with Crippen LogP contribution in [0, 0.1) is 5.41 Å². The van der Waals surface area contributed by atoms with Crippen LogP contribution in [0.4, 0.5) is 0 Å². The van der Waals surface area contributed by atoms with Crippen LogP contribution in [0.3, 0.4) is 0 Å². The first kappa shape index (κ1) is 24.2. The van der Waals surface area contributed by atoms with Gasteiger partial charge in [-0.25, -0.2) is 0 Å². The van der Waals surface area contributed by atoms with E-state index in [1.165, 1.54) is 7.11 Å². The van der Waals surface area contributed by atoms with Crippen molar-refractivity contribution < 1.29 is 14.3 Å². The number of pyridine rings is 1. The fourth-order valence-electron chi connectivity index (χ4n) is 4.02. The van der Waals surface area contributed by atoms with Gasteiger partial charge in [0, 0.05) is 45.2 Å². The number of fused-ring (bicyclic) bond motifs is 1. The number of ether oxygens (including phenoxy) is 1. The number of methoxy groups -OCH3 is 1. The number of esters is 1. The van der Waals surface area contributed by atoms with Gasteiger partial charge in [0.2, 0.25) is 0 Å². The van der Waals surface area contributed by atoms with E-state index in [-0.39, 0.29) is 18.0 Å². The second-order valence-electron chi connectivity index (χ2n) is 8.04. The SMILES string of the molecule is COC(=O)[C@](CSCc1ccccc1)(Cc1nccc2ccccc12)C(=O)c1ccc(Br)cc1. The summed E-state index contributed by atoms with van der Waals surface area (Å²) < 4.78 is 6.12. The Bertz CT molecular complexity index is 1290. The van der Waals surface area contributed by atoms with Crippen molar-refractivity contribution in [1.29, 1.82) is 0 Å². The normalized spacial score (nSPS) is 12.8. The summed E-state index contributed by atoms with van der Waals surface area (Å²) in [5.74, 6) is 0.141. The number of aromatic nitrogens is 1. The molecule has 4 rings (SSSR count). The van der Waals surface area contributed by atoms with Crippen molar-refractivity contribution >= 4 is 50.2 Å². The van der Waals surface area contributed by atoms with Gasteiger partial charge >= 0.3 is 5.97 Å². The van der Waals surface area contributed by atoms with Gasteiger partial charge in [0.25, 0.3) is 0 Å². The number of Topliss-reactive ketones (excluding diaryl/α,β-unsaturated/α-hetero) is 1. The molecule has 0 fully saturated rings. The highest BCUT2D eigenvalue weighted by molar-refractivity contribution is 9.10. The highest BCUT2D eigenvalue weighted by atomic mass is 79.9. The second-order valence-corrected chi connectivity index (χ2v) is 9.94. The molecule has 4 aromatic rings. The van der Waals surface area contributed by atoms with Crippen molar-refractivity contribution in [2.45, 2.75) is 12.2 Å². The van der Waals surface area contributed by atoms with Crippen molar-refractivity contribution in [2.75, 3.05) is 12.9 Å². The van der Waals surface area contributed by atoms with Gasteiger partial charge in [0.05, 0.1) is 7.11 Å². The van der Waals surface area contributed by atoms with Crippen molar-refractivity contribution in [1.82, 2.24) is 4.98 Å². The number of hydrogen-bond acceptors (Lipinski definition) is 5. The molecule has 34 heavy (non-hydrogen) atoms. The summed E-state index contributed by atoms with van der Waals surface area (Å²) in [5, 5.41) is 1.94. The van der Waals surface area contributed by atoms with Gasteiger partial charge in [-0.1, -0.05) is 82.7 Å². The maximum absolute atomic E-state index is 14.0. The predicted molar refractivity (Wildman–Crippen MR) is 141 cm³/mol. The number of hydrogen-bond donors (Lipinski definition) is 0. The topological polar surface area (TPSA) is 56.3 Å². The summed E-state index contributed by atoms with van der Waals surface area (Å²) in [6, 6.07) is 26.9. The standard InChI is InChI=1S/C28H24BrNO3S/c1-33-27(32)28(19-34-18-20-7-3-2-4-8-20,26(31)22-11-13-23(29)14-12-22)17-25-24-10-6-5-9-21(24)15-16-30-25/h2-16H,17-19H2,1H3/t28-/m0/s1. The smallest absolute Gasteiger partial charge is 0.321 e. The molecule has 4 nitrogen and oxygen atoms in total. The van der Waals surface area contributed by atoms with Crippen LogP contribution in [-0.4, -0.2) is 29.6 Å². The van der Waals surface area contributed by atoms with E-state index >= 15 is 0 Å². The van der Waals surface area contributed by atoms with Crippen LogP contribution in [0.5, 0.6) is 0 Å². The molecule has 0 amide bonds. The van der Waals surface area contributed by atoms with Gasteiger partial charge in [-0.2, -0.15) is 11.8 Å². The van der Waals surface area contributed by atoms with Gasteiger partial charge in [0.1, 0.15) is 5.41 Å². The van der Waals surface area contributed by atoms with E-state index in [0.717, 1.165) is 20.8 Å². The number of ketones is 1. The monoisotopic (exact) mass is 533 g/mol. The van der Waals surface area contributed by atoms with Crippen LogP contribution >= 0.6 is 27.7 Å².